The number of aliphatic carboxylic acids is 1. The number of hydrogen-bond acceptors (Lipinski definition) is 2. The molecule has 0 aromatic rings. The summed E-state index contributed by atoms with van der Waals surface area (Å²) in [5.74, 6) is -0.707. The molecule has 0 radical (unpaired) electrons. The Morgan fingerprint density at radius 1 is 0.356 bits per heavy atom. The number of rotatable bonds is 39. The van der Waals surface area contributed by atoms with Crippen LogP contribution < -0.4 is 0 Å². The van der Waals surface area contributed by atoms with Gasteiger partial charge in [0.1, 0.15) is 0 Å². The van der Waals surface area contributed by atoms with E-state index in [2.05, 4.69) is 13.8 Å². The highest BCUT2D eigenvalue weighted by atomic mass is 16.4. The van der Waals surface area contributed by atoms with E-state index in [1.807, 2.05) is 0 Å². The van der Waals surface area contributed by atoms with Crippen LogP contribution in [0.4, 0.5) is 0 Å². The van der Waals surface area contributed by atoms with Crippen LogP contribution in [0.3, 0.4) is 0 Å². The number of aliphatic hydroxyl groups is 1. The zero-order valence-corrected chi connectivity index (χ0v) is 31.1. The Balaban J connectivity index is 3.44. The lowest BCUT2D eigenvalue weighted by molar-refractivity contribution is -0.142. The minimum atomic E-state index is -0.577. The fourth-order valence-corrected chi connectivity index (χ4v) is 7.00. The Morgan fingerprint density at radius 2 is 0.556 bits per heavy atom. The van der Waals surface area contributed by atoms with E-state index >= 15 is 0 Å². The summed E-state index contributed by atoms with van der Waals surface area (Å²) >= 11 is 0. The Hall–Kier alpha value is -0.570. The summed E-state index contributed by atoms with van der Waals surface area (Å²) in [6.07, 6.45) is 47.3. The summed E-state index contributed by atoms with van der Waals surface area (Å²) < 4.78 is 0. The minimum absolute atomic E-state index is 0.0960. The topological polar surface area (TPSA) is 57.5 Å². The predicted molar refractivity (Wildman–Crippen MR) is 199 cm³/mol. The van der Waals surface area contributed by atoms with Gasteiger partial charge in [-0.3, -0.25) is 4.79 Å². The maximum Gasteiger partial charge on any atom is 0.306 e. The summed E-state index contributed by atoms with van der Waals surface area (Å²) in [7, 11) is 0. The molecule has 3 nitrogen and oxygen atoms in total. The second-order valence-electron chi connectivity index (χ2n) is 14.8. The highest BCUT2D eigenvalue weighted by molar-refractivity contribution is 5.69. The normalized spacial score (nSPS) is 13.0. The Bertz CT molecular complexity index is 562. The molecule has 270 valence electrons. The van der Waals surface area contributed by atoms with Gasteiger partial charge in [-0.05, 0) is 25.7 Å². The fourth-order valence-electron chi connectivity index (χ4n) is 7.00. The maximum absolute atomic E-state index is 11.7. The average molecular weight is 637 g/mol. The Labute approximate surface area is 283 Å². The number of unbranched alkanes of at least 4 members (excludes halogenated alkanes) is 30. The minimum Gasteiger partial charge on any atom is -0.481 e. The first-order valence-electron chi connectivity index (χ1n) is 21.0. The molecular formula is C42H84O3. The van der Waals surface area contributed by atoms with Gasteiger partial charge in [0.15, 0.2) is 0 Å². The van der Waals surface area contributed by atoms with Crippen LogP contribution >= 0.6 is 0 Å². The van der Waals surface area contributed by atoms with Crippen molar-refractivity contribution in [1.29, 1.82) is 0 Å². The average Bonchev–Trinajstić information content (AvgIpc) is 3.03. The molecule has 2 atom stereocenters. The number of carboxylic acid groups (broad SMARTS) is 1. The number of carboxylic acids is 1. The molecule has 0 rings (SSSR count). The van der Waals surface area contributed by atoms with Crippen LogP contribution in [-0.4, -0.2) is 22.3 Å². The fraction of sp³-hybridized carbons (Fsp3) is 0.976. The van der Waals surface area contributed by atoms with Crippen molar-refractivity contribution in [1.82, 2.24) is 0 Å². The van der Waals surface area contributed by atoms with E-state index in [0.717, 1.165) is 44.9 Å². The van der Waals surface area contributed by atoms with Gasteiger partial charge in [0.2, 0.25) is 0 Å². The quantitative estimate of drug-likeness (QED) is 0.0660. The summed E-state index contributed by atoms with van der Waals surface area (Å²) in [4.78, 5) is 11.7. The number of hydrogen-bond donors (Lipinski definition) is 2. The van der Waals surface area contributed by atoms with E-state index in [4.69, 9.17) is 0 Å². The maximum atomic E-state index is 11.7. The first-order chi connectivity index (χ1) is 22.1. The van der Waals surface area contributed by atoms with Crippen LogP contribution in [-0.2, 0) is 4.79 Å². The van der Waals surface area contributed by atoms with Crippen molar-refractivity contribution in [3.05, 3.63) is 0 Å². The van der Waals surface area contributed by atoms with Crippen LogP contribution in [0, 0.1) is 5.92 Å². The molecule has 0 heterocycles. The number of carbonyl (C=O) groups is 1. The van der Waals surface area contributed by atoms with Crippen molar-refractivity contribution in [2.24, 2.45) is 5.92 Å². The molecule has 0 spiro atoms. The first kappa shape index (κ1) is 44.4. The van der Waals surface area contributed by atoms with Crippen LogP contribution in [0.5, 0.6) is 0 Å². The summed E-state index contributed by atoms with van der Waals surface area (Å²) in [6, 6.07) is 0. The van der Waals surface area contributed by atoms with Gasteiger partial charge in [0, 0.05) is 0 Å². The highest BCUT2D eigenvalue weighted by Crippen LogP contribution is 2.21. The van der Waals surface area contributed by atoms with Gasteiger partial charge in [-0.15, -0.1) is 0 Å². The molecule has 0 aliphatic heterocycles. The molecule has 3 heteroatoms. The van der Waals surface area contributed by atoms with Crippen molar-refractivity contribution in [3.8, 4) is 0 Å². The van der Waals surface area contributed by atoms with Gasteiger partial charge in [-0.2, -0.15) is 0 Å². The molecule has 45 heavy (non-hydrogen) atoms. The van der Waals surface area contributed by atoms with Crippen molar-refractivity contribution < 1.29 is 15.0 Å². The van der Waals surface area contributed by atoms with E-state index in [1.165, 1.54) is 193 Å². The third kappa shape index (κ3) is 36.1. The summed E-state index contributed by atoms with van der Waals surface area (Å²) in [5.41, 5.74) is 0. The highest BCUT2D eigenvalue weighted by Gasteiger charge is 2.16. The van der Waals surface area contributed by atoms with Crippen LogP contribution in [0.15, 0.2) is 0 Å². The van der Waals surface area contributed by atoms with Gasteiger partial charge < -0.3 is 10.2 Å². The molecule has 0 aliphatic carbocycles. The second kappa shape index (κ2) is 37.9. The molecule has 0 fully saturated rings. The molecule has 0 aromatic heterocycles. The largest absolute Gasteiger partial charge is 0.481 e. The first-order valence-corrected chi connectivity index (χ1v) is 21.0. The predicted octanol–water partition coefficient (Wildman–Crippen LogP) is 14.5. The van der Waals surface area contributed by atoms with E-state index in [1.54, 1.807) is 0 Å². The smallest absolute Gasteiger partial charge is 0.306 e. The van der Waals surface area contributed by atoms with Crippen molar-refractivity contribution >= 4 is 5.97 Å². The zero-order chi connectivity index (χ0) is 32.9. The molecule has 2 unspecified atom stereocenters. The molecule has 0 aromatic carbocycles. The number of aliphatic hydroxyl groups excluding tert-OH is 1. The van der Waals surface area contributed by atoms with E-state index < -0.39 is 5.97 Å². The third-order valence-electron chi connectivity index (χ3n) is 10.2. The molecule has 2 N–H and O–H groups in total. The lowest BCUT2D eigenvalue weighted by Gasteiger charge is -2.12. The van der Waals surface area contributed by atoms with E-state index in [9.17, 15) is 15.0 Å². The Morgan fingerprint density at radius 3 is 0.778 bits per heavy atom. The molecule has 0 aliphatic rings. The van der Waals surface area contributed by atoms with Crippen molar-refractivity contribution in [2.45, 2.75) is 258 Å². The van der Waals surface area contributed by atoms with E-state index in [-0.39, 0.29) is 12.0 Å². The van der Waals surface area contributed by atoms with Gasteiger partial charge in [0.05, 0.1) is 12.0 Å². The second-order valence-corrected chi connectivity index (χ2v) is 14.8. The molecular weight excluding hydrogens is 552 g/mol. The monoisotopic (exact) mass is 637 g/mol. The molecule has 0 bridgehead atoms. The van der Waals surface area contributed by atoms with E-state index in [0.29, 0.717) is 0 Å². The molecule has 0 amide bonds. The SMILES string of the molecule is CCCCCCCCCCCCCCCCCCC(CCCCCCCCCC(O)CCCCCCCCCCCC)C(=O)O. The summed E-state index contributed by atoms with van der Waals surface area (Å²) in [5, 5.41) is 19.9. The zero-order valence-electron chi connectivity index (χ0n) is 31.1. The van der Waals surface area contributed by atoms with Gasteiger partial charge in [-0.1, -0.05) is 226 Å². The van der Waals surface area contributed by atoms with Gasteiger partial charge >= 0.3 is 5.97 Å². The lowest BCUT2D eigenvalue weighted by Crippen LogP contribution is -2.13. The van der Waals surface area contributed by atoms with Crippen LogP contribution in [0.2, 0.25) is 0 Å². The van der Waals surface area contributed by atoms with Crippen molar-refractivity contribution in [2.75, 3.05) is 0 Å². The van der Waals surface area contributed by atoms with Gasteiger partial charge in [-0.25, -0.2) is 0 Å². The molecule has 0 saturated heterocycles. The van der Waals surface area contributed by atoms with Gasteiger partial charge in [0.25, 0.3) is 0 Å². The third-order valence-corrected chi connectivity index (χ3v) is 10.2. The van der Waals surface area contributed by atoms with Crippen LogP contribution in [0.1, 0.15) is 251 Å². The summed E-state index contributed by atoms with van der Waals surface area (Å²) in [6.45, 7) is 4.56. The lowest BCUT2D eigenvalue weighted by atomic mass is 9.94. The Kier molecular flexibility index (Phi) is 37.4. The van der Waals surface area contributed by atoms with Crippen molar-refractivity contribution in [3.63, 3.8) is 0 Å². The molecule has 0 saturated carbocycles. The standard InChI is InChI=1S/C42H84O3/c1-3-5-7-9-11-13-15-16-17-18-19-20-21-24-28-32-36-40(42(44)45)37-33-29-25-23-27-31-35-39-41(43)38-34-30-26-22-14-12-10-8-6-4-2/h40-41,43H,3-39H2,1-2H3,(H,44,45). The van der Waals surface area contributed by atoms with Crippen LogP contribution in [0.25, 0.3) is 0 Å².